The molecule has 162 valence electrons. The van der Waals surface area contributed by atoms with Gasteiger partial charge in [-0.2, -0.15) is 0 Å². The molecule has 3 aromatic carbocycles. The zero-order valence-electron chi connectivity index (χ0n) is 17.9. The van der Waals surface area contributed by atoms with Crippen molar-refractivity contribution in [1.82, 2.24) is 4.90 Å². The minimum Gasteiger partial charge on any atom is -0.497 e. The van der Waals surface area contributed by atoms with Crippen LogP contribution in [0, 0.1) is 0 Å². The van der Waals surface area contributed by atoms with Gasteiger partial charge in [0.2, 0.25) is 0 Å². The number of carbonyl (C=O) groups excluding carboxylic acids is 2. The lowest BCUT2D eigenvalue weighted by atomic mass is 10.0. The van der Waals surface area contributed by atoms with Crippen molar-refractivity contribution in [3.63, 3.8) is 0 Å². The van der Waals surface area contributed by atoms with Gasteiger partial charge in [0.05, 0.1) is 18.4 Å². The summed E-state index contributed by atoms with van der Waals surface area (Å²) < 4.78 is 5.25. The van der Waals surface area contributed by atoms with Crippen LogP contribution in [0.5, 0.6) is 5.75 Å². The summed E-state index contributed by atoms with van der Waals surface area (Å²) in [7, 11) is 1.59. The van der Waals surface area contributed by atoms with E-state index in [1.807, 2.05) is 42.2 Å². The van der Waals surface area contributed by atoms with E-state index in [1.54, 1.807) is 55.6 Å². The first-order valence-corrected chi connectivity index (χ1v) is 10.7. The lowest BCUT2D eigenvalue weighted by Gasteiger charge is -2.25. The van der Waals surface area contributed by atoms with E-state index in [0.717, 1.165) is 5.56 Å². The maximum absolute atomic E-state index is 13.7. The summed E-state index contributed by atoms with van der Waals surface area (Å²) in [5.41, 5.74) is 2.92. The number of rotatable bonds is 7. The standard InChI is InChI=1S/C26H23ClN2O3/c1-3-28(17-18-8-5-4-6-9-18)24-23(19-12-14-22(32-2)15-13-19)25(30)29(26(24)31)21-11-7-10-20(27)16-21/h4-16H,3,17H2,1-2H3. The molecule has 4 rings (SSSR count). The minimum atomic E-state index is -0.371. The van der Waals surface area contributed by atoms with E-state index in [0.29, 0.717) is 46.4 Å². The number of hydrogen-bond donors (Lipinski definition) is 0. The Kier molecular flexibility index (Phi) is 6.28. The highest BCUT2D eigenvalue weighted by molar-refractivity contribution is 6.45. The van der Waals surface area contributed by atoms with Crippen LogP contribution in [0.3, 0.4) is 0 Å². The summed E-state index contributed by atoms with van der Waals surface area (Å²) >= 11 is 6.15. The Morgan fingerprint density at radius 2 is 1.62 bits per heavy atom. The molecule has 2 amide bonds. The summed E-state index contributed by atoms with van der Waals surface area (Å²) in [5, 5.41) is 0.458. The van der Waals surface area contributed by atoms with Crippen molar-refractivity contribution in [2.45, 2.75) is 13.5 Å². The van der Waals surface area contributed by atoms with Gasteiger partial charge in [-0.15, -0.1) is 0 Å². The third-order valence-electron chi connectivity index (χ3n) is 5.42. The van der Waals surface area contributed by atoms with Gasteiger partial charge in [-0.1, -0.05) is 60.1 Å². The van der Waals surface area contributed by atoms with Gasteiger partial charge in [-0.05, 0) is 48.4 Å². The Morgan fingerprint density at radius 3 is 2.25 bits per heavy atom. The molecule has 0 unspecified atom stereocenters. The highest BCUT2D eigenvalue weighted by Crippen LogP contribution is 2.36. The first-order chi connectivity index (χ1) is 15.5. The number of hydrogen-bond acceptors (Lipinski definition) is 4. The van der Waals surface area contributed by atoms with Crippen molar-refractivity contribution in [3.05, 3.63) is 101 Å². The van der Waals surface area contributed by atoms with Gasteiger partial charge in [0, 0.05) is 18.1 Å². The van der Waals surface area contributed by atoms with Crippen LogP contribution in [0.2, 0.25) is 5.02 Å². The summed E-state index contributed by atoms with van der Waals surface area (Å²) in [4.78, 5) is 30.4. The predicted molar refractivity (Wildman–Crippen MR) is 126 cm³/mol. The van der Waals surface area contributed by atoms with E-state index in [2.05, 4.69) is 0 Å². The van der Waals surface area contributed by atoms with Crippen LogP contribution in [-0.4, -0.2) is 30.4 Å². The van der Waals surface area contributed by atoms with E-state index in [4.69, 9.17) is 16.3 Å². The second-order valence-corrected chi connectivity index (χ2v) is 7.81. The molecule has 3 aromatic rings. The molecule has 0 radical (unpaired) electrons. The molecule has 5 nitrogen and oxygen atoms in total. The van der Waals surface area contributed by atoms with Crippen LogP contribution in [0.4, 0.5) is 5.69 Å². The summed E-state index contributed by atoms with van der Waals surface area (Å²) in [6.45, 7) is 3.04. The molecule has 0 aromatic heterocycles. The van der Waals surface area contributed by atoms with Gasteiger partial charge in [0.15, 0.2) is 0 Å². The highest BCUT2D eigenvalue weighted by atomic mass is 35.5. The molecule has 1 aliphatic rings. The van der Waals surface area contributed by atoms with E-state index >= 15 is 0 Å². The van der Waals surface area contributed by atoms with Crippen molar-refractivity contribution in [2.75, 3.05) is 18.6 Å². The topological polar surface area (TPSA) is 49.9 Å². The van der Waals surface area contributed by atoms with Crippen molar-refractivity contribution >= 4 is 34.7 Å². The molecule has 32 heavy (non-hydrogen) atoms. The Balaban J connectivity index is 1.83. The fourth-order valence-electron chi connectivity index (χ4n) is 3.83. The molecule has 0 atom stereocenters. The number of nitrogens with zero attached hydrogens (tertiary/aromatic N) is 2. The third kappa shape index (κ3) is 4.12. The first-order valence-electron chi connectivity index (χ1n) is 10.4. The number of carbonyl (C=O) groups is 2. The van der Waals surface area contributed by atoms with E-state index in [-0.39, 0.29) is 11.8 Å². The van der Waals surface area contributed by atoms with Crippen molar-refractivity contribution in [2.24, 2.45) is 0 Å². The molecule has 0 fully saturated rings. The normalized spacial score (nSPS) is 13.7. The Morgan fingerprint density at radius 1 is 0.906 bits per heavy atom. The molecule has 0 N–H and O–H groups in total. The van der Waals surface area contributed by atoms with Gasteiger partial charge >= 0.3 is 0 Å². The minimum absolute atomic E-state index is 0.360. The fourth-order valence-corrected chi connectivity index (χ4v) is 4.02. The molecule has 0 saturated carbocycles. The number of amides is 2. The molecular weight excluding hydrogens is 424 g/mol. The number of halogens is 1. The van der Waals surface area contributed by atoms with Gasteiger partial charge in [-0.25, -0.2) is 4.90 Å². The predicted octanol–water partition coefficient (Wildman–Crippen LogP) is 5.16. The van der Waals surface area contributed by atoms with E-state index < -0.39 is 0 Å². The zero-order chi connectivity index (χ0) is 22.7. The Hall–Kier alpha value is -3.57. The van der Waals surface area contributed by atoms with E-state index in [1.165, 1.54) is 4.90 Å². The van der Waals surface area contributed by atoms with Gasteiger partial charge in [-0.3, -0.25) is 9.59 Å². The lowest BCUT2D eigenvalue weighted by Crippen LogP contribution is -2.35. The number of imide groups is 1. The Bertz CT molecular complexity index is 1170. The molecule has 0 aliphatic carbocycles. The molecule has 0 spiro atoms. The zero-order valence-corrected chi connectivity index (χ0v) is 18.7. The van der Waals surface area contributed by atoms with Gasteiger partial charge < -0.3 is 9.64 Å². The maximum atomic E-state index is 13.7. The largest absolute Gasteiger partial charge is 0.497 e. The average molecular weight is 447 g/mol. The summed E-state index contributed by atoms with van der Waals surface area (Å²) in [6, 6.07) is 23.8. The lowest BCUT2D eigenvalue weighted by molar-refractivity contribution is -0.120. The maximum Gasteiger partial charge on any atom is 0.282 e. The second kappa shape index (κ2) is 9.28. The third-order valence-corrected chi connectivity index (χ3v) is 5.65. The van der Waals surface area contributed by atoms with Crippen molar-refractivity contribution < 1.29 is 14.3 Å². The van der Waals surface area contributed by atoms with Crippen LogP contribution in [0.15, 0.2) is 84.6 Å². The fraction of sp³-hybridized carbons (Fsp3) is 0.154. The van der Waals surface area contributed by atoms with Crippen molar-refractivity contribution in [3.8, 4) is 5.75 Å². The quantitative estimate of drug-likeness (QED) is 0.471. The SMILES string of the molecule is CCN(Cc1ccccc1)C1=C(c2ccc(OC)cc2)C(=O)N(c2cccc(Cl)c2)C1=O. The first kappa shape index (κ1) is 21.7. The number of anilines is 1. The van der Waals surface area contributed by atoms with Crippen molar-refractivity contribution in [1.29, 1.82) is 0 Å². The molecule has 0 bridgehead atoms. The molecule has 0 saturated heterocycles. The van der Waals surface area contributed by atoms with Gasteiger partial charge in [0.25, 0.3) is 11.8 Å². The van der Waals surface area contributed by atoms with E-state index in [9.17, 15) is 9.59 Å². The highest BCUT2D eigenvalue weighted by Gasteiger charge is 2.42. The van der Waals surface area contributed by atoms with Crippen LogP contribution >= 0.6 is 11.6 Å². The molecule has 1 heterocycles. The van der Waals surface area contributed by atoms with Crippen LogP contribution in [-0.2, 0) is 16.1 Å². The average Bonchev–Trinajstić information content (AvgIpc) is 3.08. The monoisotopic (exact) mass is 446 g/mol. The Labute approximate surface area is 192 Å². The number of ether oxygens (including phenoxy) is 1. The second-order valence-electron chi connectivity index (χ2n) is 7.38. The van der Waals surface area contributed by atoms with Crippen LogP contribution < -0.4 is 9.64 Å². The molecular formula is C26H23ClN2O3. The van der Waals surface area contributed by atoms with Crippen LogP contribution in [0.25, 0.3) is 5.57 Å². The number of methoxy groups -OCH3 is 1. The number of benzene rings is 3. The van der Waals surface area contributed by atoms with Crippen LogP contribution in [0.1, 0.15) is 18.1 Å². The summed E-state index contributed by atoms with van der Waals surface area (Å²) in [6.07, 6.45) is 0. The number of likely N-dealkylation sites (N-methyl/N-ethyl adjacent to an activating group) is 1. The molecule has 1 aliphatic heterocycles. The van der Waals surface area contributed by atoms with Gasteiger partial charge in [0.1, 0.15) is 11.4 Å². The summed E-state index contributed by atoms with van der Waals surface area (Å²) in [5.74, 6) is -0.0548. The smallest absolute Gasteiger partial charge is 0.282 e. The molecule has 6 heteroatoms.